The van der Waals surface area contributed by atoms with Gasteiger partial charge in [-0.2, -0.15) is 0 Å². The van der Waals surface area contributed by atoms with Crippen molar-refractivity contribution in [3.05, 3.63) is 71.0 Å². The van der Waals surface area contributed by atoms with E-state index >= 15 is 0 Å². The standard InChI is InChI=1S/C16H17ClN2/c1-19(13-15-9-10-16(17)18-12-15)11-5-8-14-6-3-2-4-7-14/h2-10,12H,11,13H2,1H3/b8-5+. The van der Waals surface area contributed by atoms with E-state index in [0.717, 1.165) is 13.1 Å². The molecule has 0 aliphatic rings. The van der Waals surface area contributed by atoms with E-state index in [9.17, 15) is 0 Å². The van der Waals surface area contributed by atoms with Gasteiger partial charge in [0.2, 0.25) is 0 Å². The zero-order valence-corrected chi connectivity index (χ0v) is 11.7. The quantitative estimate of drug-likeness (QED) is 0.768. The van der Waals surface area contributed by atoms with Crippen LogP contribution in [0.1, 0.15) is 11.1 Å². The molecule has 0 N–H and O–H groups in total. The maximum Gasteiger partial charge on any atom is 0.129 e. The first-order valence-corrected chi connectivity index (χ1v) is 6.62. The molecular weight excluding hydrogens is 256 g/mol. The smallest absolute Gasteiger partial charge is 0.129 e. The van der Waals surface area contributed by atoms with Gasteiger partial charge in [-0.3, -0.25) is 4.90 Å². The Morgan fingerprint density at radius 1 is 1.16 bits per heavy atom. The summed E-state index contributed by atoms with van der Waals surface area (Å²) in [6.45, 7) is 1.76. The third-order valence-electron chi connectivity index (χ3n) is 2.77. The molecule has 0 bridgehead atoms. The van der Waals surface area contributed by atoms with Crippen LogP contribution in [0.2, 0.25) is 5.15 Å². The van der Waals surface area contributed by atoms with Crippen LogP contribution in [0.15, 0.2) is 54.7 Å². The molecule has 98 valence electrons. The molecule has 0 aliphatic heterocycles. The summed E-state index contributed by atoms with van der Waals surface area (Å²) < 4.78 is 0. The fourth-order valence-corrected chi connectivity index (χ4v) is 1.92. The van der Waals surface area contributed by atoms with Crippen molar-refractivity contribution >= 4 is 17.7 Å². The van der Waals surface area contributed by atoms with Crippen LogP contribution in [0.25, 0.3) is 6.08 Å². The van der Waals surface area contributed by atoms with Crippen LogP contribution in [0, 0.1) is 0 Å². The Morgan fingerprint density at radius 2 is 1.95 bits per heavy atom. The van der Waals surface area contributed by atoms with E-state index in [0.29, 0.717) is 5.15 Å². The number of pyridine rings is 1. The minimum absolute atomic E-state index is 0.537. The molecule has 0 fully saturated rings. The topological polar surface area (TPSA) is 16.1 Å². The fourth-order valence-electron chi connectivity index (χ4n) is 1.81. The van der Waals surface area contributed by atoms with Crippen molar-refractivity contribution in [2.75, 3.05) is 13.6 Å². The molecule has 0 saturated heterocycles. The Bertz CT molecular complexity index is 520. The van der Waals surface area contributed by atoms with E-state index in [4.69, 9.17) is 11.6 Å². The highest BCUT2D eigenvalue weighted by atomic mass is 35.5. The second-order valence-corrected chi connectivity index (χ2v) is 4.89. The Labute approximate surface area is 119 Å². The Kier molecular flexibility index (Phi) is 5.13. The van der Waals surface area contributed by atoms with Gasteiger partial charge in [0.05, 0.1) is 0 Å². The average molecular weight is 273 g/mol. The summed E-state index contributed by atoms with van der Waals surface area (Å²) in [6.07, 6.45) is 6.12. The van der Waals surface area contributed by atoms with Crippen molar-refractivity contribution in [3.8, 4) is 0 Å². The van der Waals surface area contributed by atoms with Crippen LogP contribution in [0.5, 0.6) is 0 Å². The first-order chi connectivity index (χ1) is 9.24. The molecule has 2 nitrogen and oxygen atoms in total. The molecule has 0 unspecified atom stereocenters. The van der Waals surface area contributed by atoms with E-state index in [1.807, 2.05) is 36.5 Å². The second kappa shape index (κ2) is 7.07. The number of nitrogens with zero attached hydrogens (tertiary/aromatic N) is 2. The molecule has 1 heterocycles. The fraction of sp³-hybridized carbons (Fsp3) is 0.188. The number of benzene rings is 1. The third-order valence-corrected chi connectivity index (χ3v) is 2.99. The van der Waals surface area contributed by atoms with Gasteiger partial charge in [0.15, 0.2) is 0 Å². The molecule has 1 aromatic carbocycles. The van der Waals surface area contributed by atoms with Gasteiger partial charge in [0.25, 0.3) is 0 Å². The first-order valence-electron chi connectivity index (χ1n) is 6.24. The second-order valence-electron chi connectivity index (χ2n) is 4.50. The zero-order valence-electron chi connectivity index (χ0n) is 11.0. The maximum absolute atomic E-state index is 5.76. The molecule has 3 heteroatoms. The molecule has 0 spiro atoms. The van der Waals surface area contributed by atoms with E-state index in [2.05, 4.69) is 41.2 Å². The lowest BCUT2D eigenvalue weighted by molar-refractivity contribution is 0.363. The summed E-state index contributed by atoms with van der Waals surface area (Å²) in [5, 5.41) is 0.537. The summed E-state index contributed by atoms with van der Waals surface area (Å²) in [4.78, 5) is 6.31. The van der Waals surface area contributed by atoms with Crippen LogP contribution >= 0.6 is 11.6 Å². The highest BCUT2D eigenvalue weighted by Crippen LogP contribution is 2.07. The van der Waals surface area contributed by atoms with E-state index in [1.165, 1.54) is 11.1 Å². The normalized spacial score (nSPS) is 11.3. The lowest BCUT2D eigenvalue weighted by atomic mass is 10.2. The van der Waals surface area contributed by atoms with Gasteiger partial charge in [0, 0.05) is 19.3 Å². The number of hydrogen-bond acceptors (Lipinski definition) is 2. The van der Waals surface area contributed by atoms with Gasteiger partial charge in [-0.05, 0) is 24.2 Å². The van der Waals surface area contributed by atoms with Crippen LogP contribution in [0.3, 0.4) is 0 Å². The lowest BCUT2D eigenvalue weighted by Gasteiger charge is -2.13. The lowest BCUT2D eigenvalue weighted by Crippen LogP contribution is -2.17. The summed E-state index contributed by atoms with van der Waals surface area (Å²) in [6, 6.07) is 14.1. The number of halogens is 1. The monoisotopic (exact) mass is 272 g/mol. The van der Waals surface area contributed by atoms with Gasteiger partial charge in [-0.25, -0.2) is 4.98 Å². The Morgan fingerprint density at radius 3 is 2.63 bits per heavy atom. The molecule has 2 rings (SSSR count). The van der Waals surface area contributed by atoms with Crippen molar-refractivity contribution < 1.29 is 0 Å². The molecular formula is C16H17ClN2. The number of likely N-dealkylation sites (N-methyl/N-ethyl adjacent to an activating group) is 1. The largest absolute Gasteiger partial charge is 0.298 e. The van der Waals surface area contributed by atoms with Crippen LogP contribution < -0.4 is 0 Å². The van der Waals surface area contributed by atoms with E-state index < -0.39 is 0 Å². The number of aromatic nitrogens is 1. The Balaban J connectivity index is 1.83. The molecule has 19 heavy (non-hydrogen) atoms. The maximum atomic E-state index is 5.76. The van der Waals surface area contributed by atoms with Crippen molar-refractivity contribution in [1.29, 1.82) is 0 Å². The number of hydrogen-bond donors (Lipinski definition) is 0. The summed E-state index contributed by atoms with van der Waals surface area (Å²) in [7, 11) is 2.09. The minimum Gasteiger partial charge on any atom is -0.298 e. The van der Waals surface area contributed by atoms with Crippen molar-refractivity contribution in [2.45, 2.75) is 6.54 Å². The van der Waals surface area contributed by atoms with Crippen molar-refractivity contribution in [2.24, 2.45) is 0 Å². The van der Waals surface area contributed by atoms with Crippen molar-refractivity contribution in [1.82, 2.24) is 9.88 Å². The Hall–Kier alpha value is -1.64. The zero-order chi connectivity index (χ0) is 13.5. The summed E-state index contributed by atoms with van der Waals surface area (Å²) in [5.41, 5.74) is 2.39. The van der Waals surface area contributed by atoms with Gasteiger partial charge in [0.1, 0.15) is 5.15 Å². The van der Waals surface area contributed by atoms with Crippen LogP contribution in [-0.4, -0.2) is 23.5 Å². The molecule has 2 aromatic rings. The molecule has 0 aliphatic carbocycles. The SMILES string of the molecule is CN(C/C=C/c1ccccc1)Cc1ccc(Cl)nc1. The van der Waals surface area contributed by atoms with Crippen LogP contribution in [-0.2, 0) is 6.54 Å². The summed E-state index contributed by atoms with van der Waals surface area (Å²) >= 11 is 5.76. The highest BCUT2D eigenvalue weighted by molar-refractivity contribution is 6.29. The molecule has 0 atom stereocenters. The number of rotatable bonds is 5. The van der Waals surface area contributed by atoms with Gasteiger partial charge >= 0.3 is 0 Å². The minimum atomic E-state index is 0.537. The van der Waals surface area contributed by atoms with Crippen molar-refractivity contribution in [3.63, 3.8) is 0 Å². The molecule has 0 amide bonds. The third kappa shape index (κ3) is 4.86. The van der Waals surface area contributed by atoms with E-state index in [1.54, 1.807) is 0 Å². The average Bonchev–Trinajstić information content (AvgIpc) is 2.43. The van der Waals surface area contributed by atoms with Crippen LogP contribution in [0.4, 0.5) is 0 Å². The predicted molar refractivity (Wildman–Crippen MR) is 81.1 cm³/mol. The van der Waals surface area contributed by atoms with Gasteiger partial charge in [-0.15, -0.1) is 0 Å². The van der Waals surface area contributed by atoms with Gasteiger partial charge < -0.3 is 0 Å². The van der Waals surface area contributed by atoms with Gasteiger partial charge in [-0.1, -0.05) is 60.2 Å². The molecule has 0 radical (unpaired) electrons. The highest BCUT2D eigenvalue weighted by Gasteiger charge is 1.98. The molecule has 1 aromatic heterocycles. The van der Waals surface area contributed by atoms with E-state index in [-0.39, 0.29) is 0 Å². The predicted octanol–water partition coefficient (Wildman–Crippen LogP) is 3.88. The molecule has 0 saturated carbocycles. The summed E-state index contributed by atoms with van der Waals surface area (Å²) in [5.74, 6) is 0. The first kappa shape index (κ1) is 13.8.